The molecule has 1 atom stereocenters. The molecule has 16 heavy (non-hydrogen) atoms. The van der Waals surface area contributed by atoms with Gasteiger partial charge in [0.1, 0.15) is 12.4 Å². The van der Waals surface area contributed by atoms with Gasteiger partial charge in [-0.1, -0.05) is 30.3 Å². The topological polar surface area (TPSA) is 46.0 Å². The number of nitrogens with zero attached hydrogens (tertiary/aromatic N) is 1. The first-order valence-electron chi connectivity index (χ1n) is 4.98. The van der Waals surface area contributed by atoms with Crippen LogP contribution in [-0.4, -0.2) is 17.9 Å². The third-order valence-electron chi connectivity index (χ3n) is 2.34. The van der Waals surface area contributed by atoms with Crippen molar-refractivity contribution in [2.45, 2.75) is 6.23 Å². The van der Waals surface area contributed by atoms with Crippen LogP contribution in [0.5, 0.6) is 0 Å². The van der Waals surface area contributed by atoms with Crippen molar-refractivity contribution in [2.75, 3.05) is 7.11 Å². The molecule has 0 amide bonds. The number of H-pyrrole nitrogens is 1. The number of aromatic nitrogens is 2. The number of ketones is 1. The van der Waals surface area contributed by atoms with Crippen LogP contribution in [0.3, 0.4) is 0 Å². The maximum atomic E-state index is 12.1. The number of carbonyl (C=O) groups is 1. The van der Waals surface area contributed by atoms with Gasteiger partial charge >= 0.3 is 0 Å². The Morgan fingerprint density at radius 3 is 2.69 bits per heavy atom. The van der Waals surface area contributed by atoms with Crippen LogP contribution in [0.25, 0.3) is 0 Å². The van der Waals surface area contributed by atoms with Crippen LogP contribution in [0, 0.1) is 0 Å². The lowest BCUT2D eigenvalue weighted by atomic mass is 10.1. The Morgan fingerprint density at radius 2 is 2.12 bits per heavy atom. The molecular weight excluding hydrogens is 204 g/mol. The van der Waals surface area contributed by atoms with Crippen molar-refractivity contribution < 1.29 is 14.1 Å². The zero-order valence-electron chi connectivity index (χ0n) is 8.96. The average Bonchev–Trinajstić information content (AvgIpc) is 2.85. The summed E-state index contributed by atoms with van der Waals surface area (Å²) in [5.74, 6) is -0.0623. The van der Waals surface area contributed by atoms with Crippen molar-refractivity contribution in [1.82, 2.24) is 4.98 Å². The molecule has 0 saturated heterocycles. The van der Waals surface area contributed by atoms with E-state index >= 15 is 0 Å². The number of ether oxygens (including phenoxy) is 1. The number of methoxy groups -OCH3 is 1. The fourth-order valence-corrected chi connectivity index (χ4v) is 1.56. The van der Waals surface area contributed by atoms with Crippen molar-refractivity contribution in [2.24, 2.45) is 0 Å². The summed E-state index contributed by atoms with van der Waals surface area (Å²) in [4.78, 5) is 15.0. The zero-order valence-corrected chi connectivity index (χ0v) is 8.96. The quantitative estimate of drug-likeness (QED) is 0.620. The molecule has 0 bridgehead atoms. The second-order valence-corrected chi connectivity index (χ2v) is 3.38. The summed E-state index contributed by atoms with van der Waals surface area (Å²) >= 11 is 0. The lowest BCUT2D eigenvalue weighted by Gasteiger charge is -2.10. The highest BCUT2D eigenvalue weighted by Crippen LogP contribution is 2.09. The molecule has 0 aliphatic heterocycles. The summed E-state index contributed by atoms with van der Waals surface area (Å²) in [6.45, 7) is 0. The molecule has 82 valence electrons. The lowest BCUT2D eigenvalue weighted by molar-refractivity contribution is -0.742. The maximum Gasteiger partial charge on any atom is 0.266 e. The van der Waals surface area contributed by atoms with Gasteiger partial charge in [0, 0.05) is 12.7 Å². The minimum atomic E-state index is -0.617. The first-order chi connectivity index (χ1) is 7.83. The van der Waals surface area contributed by atoms with Crippen LogP contribution in [-0.2, 0) is 4.74 Å². The number of hydrogen-bond donors (Lipinski definition) is 1. The van der Waals surface area contributed by atoms with E-state index in [-0.39, 0.29) is 5.78 Å². The summed E-state index contributed by atoms with van der Waals surface area (Å²) in [6.07, 6.45) is 4.57. The number of hydrogen-bond acceptors (Lipinski definition) is 2. The third kappa shape index (κ3) is 2.01. The second kappa shape index (κ2) is 4.72. The van der Waals surface area contributed by atoms with Gasteiger partial charge in [0.15, 0.2) is 0 Å². The molecule has 1 heterocycles. The number of aromatic amines is 1. The number of carbonyl (C=O) groups excluding carboxylic acids is 1. The largest absolute Gasteiger partial charge is 0.336 e. The predicted octanol–water partition coefficient (Wildman–Crippen LogP) is 1.33. The Labute approximate surface area is 93.5 Å². The van der Waals surface area contributed by atoms with E-state index in [0.29, 0.717) is 5.56 Å². The van der Waals surface area contributed by atoms with Gasteiger partial charge in [-0.2, -0.15) is 0 Å². The van der Waals surface area contributed by atoms with Crippen molar-refractivity contribution in [3.8, 4) is 0 Å². The molecule has 1 aromatic carbocycles. The average molecular weight is 217 g/mol. The van der Waals surface area contributed by atoms with E-state index in [1.54, 1.807) is 35.4 Å². The summed E-state index contributed by atoms with van der Waals surface area (Å²) < 4.78 is 6.89. The first kappa shape index (κ1) is 10.6. The van der Waals surface area contributed by atoms with E-state index in [9.17, 15) is 4.79 Å². The fourth-order valence-electron chi connectivity index (χ4n) is 1.56. The predicted molar refractivity (Wildman–Crippen MR) is 57.8 cm³/mol. The molecule has 4 nitrogen and oxygen atoms in total. The zero-order chi connectivity index (χ0) is 11.4. The van der Waals surface area contributed by atoms with E-state index in [1.165, 1.54) is 7.11 Å². The van der Waals surface area contributed by atoms with Gasteiger partial charge in [-0.3, -0.25) is 9.78 Å². The summed E-state index contributed by atoms with van der Waals surface area (Å²) in [7, 11) is 1.52. The minimum Gasteiger partial charge on any atom is -0.336 e. The number of benzene rings is 1. The summed E-state index contributed by atoms with van der Waals surface area (Å²) in [5, 5.41) is 0. The second-order valence-electron chi connectivity index (χ2n) is 3.38. The van der Waals surface area contributed by atoms with Crippen molar-refractivity contribution >= 4 is 5.78 Å². The highest BCUT2D eigenvalue weighted by molar-refractivity contribution is 5.97. The summed E-state index contributed by atoms with van der Waals surface area (Å²) in [5.41, 5.74) is 0.642. The molecule has 2 aromatic rings. The summed E-state index contributed by atoms with van der Waals surface area (Å²) in [6, 6.07) is 9.11. The molecule has 0 aliphatic rings. The molecule has 0 aliphatic carbocycles. The monoisotopic (exact) mass is 217 g/mol. The number of imidazole rings is 1. The van der Waals surface area contributed by atoms with Crippen LogP contribution < -0.4 is 4.57 Å². The van der Waals surface area contributed by atoms with Gasteiger partial charge < -0.3 is 4.74 Å². The van der Waals surface area contributed by atoms with Crippen LogP contribution in [0.4, 0.5) is 0 Å². The van der Waals surface area contributed by atoms with Gasteiger partial charge in [0.2, 0.25) is 12.1 Å². The van der Waals surface area contributed by atoms with E-state index in [1.807, 2.05) is 18.2 Å². The van der Waals surface area contributed by atoms with E-state index < -0.39 is 6.23 Å². The van der Waals surface area contributed by atoms with E-state index in [2.05, 4.69) is 4.98 Å². The van der Waals surface area contributed by atoms with E-state index in [4.69, 9.17) is 4.74 Å². The molecule has 1 unspecified atom stereocenters. The molecule has 4 heteroatoms. The van der Waals surface area contributed by atoms with Crippen molar-refractivity contribution in [1.29, 1.82) is 0 Å². The molecular formula is C12H13N2O2+. The highest BCUT2D eigenvalue weighted by Gasteiger charge is 2.24. The van der Waals surface area contributed by atoms with E-state index in [0.717, 1.165) is 0 Å². The van der Waals surface area contributed by atoms with Gasteiger partial charge in [0.05, 0.1) is 0 Å². The first-order valence-corrected chi connectivity index (χ1v) is 4.98. The Hall–Kier alpha value is -1.94. The molecule has 2 rings (SSSR count). The normalized spacial score (nSPS) is 12.3. The highest BCUT2D eigenvalue weighted by atomic mass is 16.5. The van der Waals surface area contributed by atoms with Crippen LogP contribution in [0.15, 0.2) is 49.1 Å². The number of nitrogens with one attached hydrogen (secondary N) is 1. The molecule has 0 radical (unpaired) electrons. The lowest BCUT2D eigenvalue weighted by Crippen LogP contribution is -2.43. The SMILES string of the molecule is COC(C(=O)c1ccccc1)[n+]1cc[nH]c1. The standard InChI is InChI=1S/C12H12N2O2/c1-16-12(14-8-7-13-9-14)11(15)10-5-3-2-4-6-10/h2-9,12H,1H3/p+1. The van der Waals surface area contributed by atoms with Gasteiger partial charge in [-0.15, -0.1) is 0 Å². The molecule has 1 N–H and O–H groups in total. The minimum absolute atomic E-state index is 0.0623. The molecule has 1 aromatic heterocycles. The van der Waals surface area contributed by atoms with Crippen molar-refractivity contribution in [3.05, 3.63) is 54.6 Å². The Morgan fingerprint density at radius 1 is 1.38 bits per heavy atom. The molecule has 0 spiro atoms. The van der Waals surface area contributed by atoms with Crippen LogP contribution in [0.1, 0.15) is 16.6 Å². The van der Waals surface area contributed by atoms with Crippen LogP contribution in [0.2, 0.25) is 0 Å². The fraction of sp³-hybridized carbons (Fsp3) is 0.167. The third-order valence-corrected chi connectivity index (χ3v) is 2.34. The number of Topliss-reactive ketones (excluding diaryl/α,β-unsaturated/α-hetero) is 1. The van der Waals surface area contributed by atoms with Crippen LogP contribution >= 0.6 is 0 Å². The number of rotatable bonds is 4. The van der Waals surface area contributed by atoms with Gasteiger partial charge in [-0.05, 0) is 0 Å². The van der Waals surface area contributed by atoms with Gasteiger partial charge in [0.25, 0.3) is 6.23 Å². The molecule has 0 saturated carbocycles. The Balaban J connectivity index is 2.27. The smallest absolute Gasteiger partial charge is 0.266 e. The van der Waals surface area contributed by atoms with Crippen molar-refractivity contribution in [3.63, 3.8) is 0 Å². The maximum absolute atomic E-state index is 12.1. The Bertz CT molecular complexity index is 451. The van der Waals surface area contributed by atoms with Gasteiger partial charge in [-0.25, -0.2) is 4.57 Å². The Kier molecular flexibility index (Phi) is 3.12. The molecule has 0 fully saturated rings.